The van der Waals surface area contributed by atoms with Crippen LogP contribution in [0.5, 0.6) is 0 Å². The lowest BCUT2D eigenvalue weighted by atomic mass is 10.2. The predicted molar refractivity (Wildman–Crippen MR) is 88.8 cm³/mol. The van der Waals surface area contributed by atoms with Crippen molar-refractivity contribution >= 4 is 46.3 Å². The fraction of sp³-hybridized carbons (Fsp3) is 0.357. The highest BCUT2D eigenvalue weighted by atomic mass is 79.9. The van der Waals surface area contributed by atoms with Gasteiger partial charge in [-0.1, -0.05) is 34.1 Å². The Labute approximate surface area is 142 Å². The number of hydrogen-bond acceptors (Lipinski definition) is 5. The first-order chi connectivity index (χ1) is 10.4. The van der Waals surface area contributed by atoms with Crippen LogP contribution in [0.1, 0.15) is 12.5 Å². The molecule has 6 nitrogen and oxygen atoms in total. The summed E-state index contributed by atoms with van der Waals surface area (Å²) in [6.45, 7) is 1.22. The molecule has 1 aromatic rings. The van der Waals surface area contributed by atoms with Crippen molar-refractivity contribution in [2.24, 2.45) is 0 Å². The molecule has 2 N–H and O–H groups in total. The van der Waals surface area contributed by atoms with E-state index in [1.165, 1.54) is 6.92 Å². The van der Waals surface area contributed by atoms with Gasteiger partial charge < -0.3 is 15.4 Å². The molecule has 22 heavy (non-hydrogen) atoms. The molecule has 1 atom stereocenters. The van der Waals surface area contributed by atoms with Gasteiger partial charge in [0.15, 0.2) is 5.78 Å². The minimum atomic E-state index is -0.818. The number of carbonyl (C=O) groups is 3. The third-order valence-electron chi connectivity index (χ3n) is 2.69. The van der Waals surface area contributed by atoms with Gasteiger partial charge in [0.1, 0.15) is 12.6 Å². The van der Waals surface area contributed by atoms with Crippen LogP contribution in [-0.2, 0) is 20.9 Å². The van der Waals surface area contributed by atoms with E-state index in [0.29, 0.717) is 0 Å². The van der Waals surface area contributed by atoms with E-state index in [1.807, 2.05) is 24.3 Å². The highest BCUT2D eigenvalue weighted by Crippen LogP contribution is 2.16. The van der Waals surface area contributed by atoms with E-state index in [0.717, 1.165) is 10.0 Å². The Morgan fingerprint density at radius 1 is 1.32 bits per heavy atom. The van der Waals surface area contributed by atoms with E-state index < -0.39 is 12.1 Å². The lowest BCUT2D eigenvalue weighted by molar-refractivity contribution is -0.124. The van der Waals surface area contributed by atoms with Crippen LogP contribution in [-0.4, -0.2) is 36.1 Å². The number of Topliss-reactive ketones (excluding diaryl/α,β-unsaturated/α-hetero) is 1. The molecule has 1 rings (SSSR count). The fourth-order valence-electron chi connectivity index (χ4n) is 1.51. The number of amides is 2. The molecule has 0 aliphatic rings. The standard InChI is InChI=1S/C14H17BrN2O4S/c1-9(18)16-6-13(19)12(8-22)17-14(20)21-7-10-4-2-3-5-11(10)15/h2-5,12,22H,6-8H2,1H3,(H,16,18)(H,17,20)/t12-/m0/s1. The highest BCUT2D eigenvalue weighted by molar-refractivity contribution is 9.10. The van der Waals surface area contributed by atoms with Crippen LogP contribution in [0, 0.1) is 0 Å². The first kappa shape index (κ1) is 18.5. The molecule has 0 fully saturated rings. The fourth-order valence-corrected chi connectivity index (χ4v) is 2.20. The summed E-state index contributed by atoms with van der Waals surface area (Å²) in [6.07, 6.45) is -0.717. The van der Waals surface area contributed by atoms with E-state index >= 15 is 0 Å². The maximum absolute atomic E-state index is 11.8. The number of halogens is 1. The second-order valence-corrected chi connectivity index (χ2v) is 5.64. The number of nitrogens with one attached hydrogen (secondary N) is 2. The zero-order valence-corrected chi connectivity index (χ0v) is 14.4. The molecule has 0 heterocycles. The number of rotatable bonds is 7. The Hall–Kier alpha value is -1.54. The first-order valence-electron chi connectivity index (χ1n) is 6.48. The number of carbonyl (C=O) groups excluding carboxylic acids is 3. The van der Waals surface area contributed by atoms with Crippen LogP contribution >= 0.6 is 28.6 Å². The molecular formula is C14H17BrN2O4S. The van der Waals surface area contributed by atoms with Crippen molar-refractivity contribution in [1.29, 1.82) is 0 Å². The Balaban J connectivity index is 2.46. The largest absolute Gasteiger partial charge is 0.445 e. The van der Waals surface area contributed by atoms with E-state index in [4.69, 9.17) is 4.74 Å². The van der Waals surface area contributed by atoms with Crippen LogP contribution in [0.25, 0.3) is 0 Å². The first-order valence-corrected chi connectivity index (χ1v) is 7.91. The topological polar surface area (TPSA) is 84.5 Å². The summed E-state index contributed by atoms with van der Waals surface area (Å²) in [5.41, 5.74) is 0.810. The maximum atomic E-state index is 11.8. The van der Waals surface area contributed by atoms with Crippen molar-refractivity contribution in [1.82, 2.24) is 10.6 Å². The maximum Gasteiger partial charge on any atom is 0.408 e. The number of ketones is 1. The van der Waals surface area contributed by atoms with Gasteiger partial charge >= 0.3 is 6.09 Å². The van der Waals surface area contributed by atoms with Crippen LogP contribution in [0.2, 0.25) is 0 Å². The average molecular weight is 389 g/mol. The summed E-state index contributed by atoms with van der Waals surface area (Å²) in [5.74, 6) is -0.548. The SMILES string of the molecule is CC(=O)NCC(=O)[C@H](CS)NC(=O)OCc1ccccc1Br. The van der Waals surface area contributed by atoms with Crippen LogP contribution in [0.4, 0.5) is 4.79 Å². The average Bonchev–Trinajstić information content (AvgIpc) is 2.49. The molecule has 0 radical (unpaired) electrons. The van der Waals surface area contributed by atoms with Crippen molar-refractivity contribution in [3.63, 3.8) is 0 Å². The summed E-state index contributed by atoms with van der Waals surface area (Å²) in [7, 11) is 0. The Morgan fingerprint density at radius 2 is 2.00 bits per heavy atom. The van der Waals surface area contributed by atoms with Crippen LogP contribution in [0.15, 0.2) is 28.7 Å². The molecule has 1 aromatic carbocycles. The Bertz CT molecular complexity index is 553. The smallest absolute Gasteiger partial charge is 0.408 e. The number of thiol groups is 1. The number of ether oxygens (including phenoxy) is 1. The van der Waals surface area contributed by atoms with Gasteiger partial charge in [0.25, 0.3) is 0 Å². The Morgan fingerprint density at radius 3 is 2.59 bits per heavy atom. The second kappa shape index (κ2) is 9.47. The molecule has 120 valence electrons. The van der Waals surface area contributed by atoms with Gasteiger partial charge in [-0.15, -0.1) is 0 Å². The minimum Gasteiger partial charge on any atom is -0.445 e. The van der Waals surface area contributed by atoms with E-state index in [9.17, 15) is 14.4 Å². The highest BCUT2D eigenvalue weighted by Gasteiger charge is 2.20. The number of hydrogen-bond donors (Lipinski definition) is 3. The summed E-state index contributed by atoms with van der Waals surface area (Å²) in [5, 5.41) is 4.80. The molecule has 0 saturated carbocycles. The summed E-state index contributed by atoms with van der Waals surface area (Å²) >= 11 is 7.37. The lowest BCUT2D eigenvalue weighted by Gasteiger charge is -2.15. The van der Waals surface area contributed by atoms with Crippen LogP contribution < -0.4 is 10.6 Å². The third kappa shape index (κ3) is 6.48. The molecule has 2 amide bonds. The Kier molecular flexibility index (Phi) is 7.97. The predicted octanol–water partition coefficient (Wildman–Crippen LogP) is 1.68. The molecule has 0 bridgehead atoms. The van der Waals surface area contributed by atoms with Gasteiger partial charge in [0.2, 0.25) is 5.91 Å². The molecule has 8 heteroatoms. The van der Waals surface area contributed by atoms with E-state index in [1.54, 1.807) is 0 Å². The zero-order chi connectivity index (χ0) is 16.5. The van der Waals surface area contributed by atoms with Gasteiger partial charge in [-0.25, -0.2) is 4.79 Å². The minimum absolute atomic E-state index is 0.0758. The molecule has 0 aromatic heterocycles. The van der Waals surface area contributed by atoms with E-state index in [2.05, 4.69) is 39.2 Å². The summed E-state index contributed by atoms with van der Waals surface area (Å²) < 4.78 is 5.89. The molecule has 0 aliphatic carbocycles. The normalized spacial score (nSPS) is 11.4. The monoisotopic (exact) mass is 388 g/mol. The van der Waals surface area contributed by atoms with Crippen molar-refractivity contribution < 1.29 is 19.1 Å². The van der Waals surface area contributed by atoms with Gasteiger partial charge in [-0.05, 0) is 6.07 Å². The molecular weight excluding hydrogens is 372 g/mol. The lowest BCUT2D eigenvalue weighted by Crippen LogP contribution is -2.46. The molecule has 0 saturated heterocycles. The van der Waals surface area contributed by atoms with E-state index in [-0.39, 0.29) is 30.6 Å². The summed E-state index contributed by atoms with van der Waals surface area (Å²) in [4.78, 5) is 34.3. The van der Waals surface area contributed by atoms with Crippen LogP contribution in [0.3, 0.4) is 0 Å². The number of benzene rings is 1. The quantitative estimate of drug-likeness (QED) is 0.620. The molecule has 0 unspecified atom stereocenters. The van der Waals surface area contributed by atoms with Crippen molar-refractivity contribution in [3.05, 3.63) is 34.3 Å². The molecule has 0 aliphatic heterocycles. The van der Waals surface area contributed by atoms with Gasteiger partial charge in [-0.2, -0.15) is 12.6 Å². The summed E-state index contributed by atoms with van der Waals surface area (Å²) in [6, 6.07) is 6.52. The van der Waals surface area contributed by atoms with Gasteiger partial charge in [-0.3, -0.25) is 9.59 Å². The van der Waals surface area contributed by atoms with Gasteiger partial charge in [0, 0.05) is 22.7 Å². The number of alkyl carbamates (subject to hydrolysis) is 1. The van der Waals surface area contributed by atoms with Crippen molar-refractivity contribution in [2.45, 2.75) is 19.6 Å². The van der Waals surface area contributed by atoms with Gasteiger partial charge in [0.05, 0.1) is 6.54 Å². The second-order valence-electron chi connectivity index (χ2n) is 4.42. The van der Waals surface area contributed by atoms with Crippen molar-refractivity contribution in [3.8, 4) is 0 Å². The van der Waals surface area contributed by atoms with Crippen molar-refractivity contribution in [2.75, 3.05) is 12.3 Å². The third-order valence-corrected chi connectivity index (χ3v) is 3.83. The molecule has 0 spiro atoms. The zero-order valence-electron chi connectivity index (χ0n) is 12.0.